The van der Waals surface area contributed by atoms with Gasteiger partial charge in [0.2, 0.25) is 0 Å². The molecule has 0 radical (unpaired) electrons. The summed E-state index contributed by atoms with van der Waals surface area (Å²) in [6.45, 7) is 7.82. The number of ether oxygens (including phenoxy) is 1. The number of fused-ring (bicyclic) bond motifs is 1. The number of nitrogens with one attached hydrogen (secondary N) is 3. The number of nitriles is 1. The van der Waals surface area contributed by atoms with Crippen LogP contribution in [0.2, 0.25) is 0 Å². The molecule has 0 amide bonds. The summed E-state index contributed by atoms with van der Waals surface area (Å²) < 4.78 is 5.43. The Hall–Kier alpha value is -3.37. The van der Waals surface area contributed by atoms with E-state index in [1.54, 1.807) is 0 Å². The standard InChI is InChI=1S/C23H25N5OS/c1-4-29-19-7-5-18(6-8-19)27-23(30)26-10-9-25-22-17(14-24)13-20-16(3)11-15(2)12-21(20)28-22/h5-8,11-13H,4,9-10H2,1-3H3,(H,25,28)(H2,26,27,30). The highest BCUT2D eigenvalue weighted by Crippen LogP contribution is 2.24. The molecule has 1 heterocycles. The van der Waals surface area contributed by atoms with Crippen LogP contribution < -0.4 is 20.7 Å². The molecule has 6 nitrogen and oxygen atoms in total. The van der Waals surface area contributed by atoms with Crippen molar-refractivity contribution in [1.29, 1.82) is 5.26 Å². The number of anilines is 2. The molecule has 154 valence electrons. The van der Waals surface area contributed by atoms with Crippen molar-refractivity contribution in [2.75, 3.05) is 30.3 Å². The van der Waals surface area contributed by atoms with Crippen molar-refractivity contribution in [2.45, 2.75) is 20.8 Å². The Morgan fingerprint density at radius 1 is 1.13 bits per heavy atom. The van der Waals surface area contributed by atoms with Gasteiger partial charge in [-0.05, 0) is 80.5 Å². The molecule has 2 aromatic carbocycles. The van der Waals surface area contributed by atoms with Gasteiger partial charge in [0.25, 0.3) is 0 Å². The Morgan fingerprint density at radius 3 is 2.60 bits per heavy atom. The lowest BCUT2D eigenvalue weighted by atomic mass is 10.0. The number of pyridine rings is 1. The van der Waals surface area contributed by atoms with E-state index in [0.29, 0.717) is 36.2 Å². The molecule has 3 aromatic rings. The van der Waals surface area contributed by atoms with Crippen molar-refractivity contribution < 1.29 is 4.74 Å². The van der Waals surface area contributed by atoms with E-state index in [1.807, 2.05) is 57.2 Å². The van der Waals surface area contributed by atoms with Gasteiger partial charge in [-0.25, -0.2) is 4.98 Å². The summed E-state index contributed by atoms with van der Waals surface area (Å²) in [4.78, 5) is 4.65. The van der Waals surface area contributed by atoms with Crippen LogP contribution in [0.25, 0.3) is 10.9 Å². The van der Waals surface area contributed by atoms with E-state index in [0.717, 1.165) is 33.5 Å². The minimum absolute atomic E-state index is 0.527. The summed E-state index contributed by atoms with van der Waals surface area (Å²) in [5.41, 5.74) is 4.57. The van der Waals surface area contributed by atoms with Crippen LogP contribution >= 0.6 is 12.2 Å². The van der Waals surface area contributed by atoms with Crippen molar-refractivity contribution in [3.63, 3.8) is 0 Å². The third kappa shape index (κ3) is 5.37. The van der Waals surface area contributed by atoms with Gasteiger partial charge in [-0.1, -0.05) is 6.07 Å². The van der Waals surface area contributed by atoms with Crippen LogP contribution in [0.3, 0.4) is 0 Å². The fraction of sp³-hybridized carbons (Fsp3) is 0.261. The van der Waals surface area contributed by atoms with Crippen LogP contribution in [0.4, 0.5) is 11.5 Å². The van der Waals surface area contributed by atoms with Crippen LogP contribution in [0.15, 0.2) is 42.5 Å². The quantitative estimate of drug-likeness (QED) is 0.384. The molecule has 0 spiro atoms. The highest BCUT2D eigenvalue weighted by molar-refractivity contribution is 7.80. The van der Waals surface area contributed by atoms with E-state index in [4.69, 9.17) is 17.0 Å². The third-order valence-electron chi connectivity index (χ3n) is 4.53. The zero-order valence-corrected chi connectivity index (χ0v) is 18.2. The van der Waals surface area contributed by atoms with Crippen molar-refractivity contribution in [3.05, 3.63) is 59.2 Å². The average Bonchev–Trinajstić information content (AvgIpc) is 2.72. The van der Waals surface area contributed by atoms with Crippen molar-refractivity contribution in [2.24, 2.45) is 0 Å². The monoisotopic (exact) mass is 419 g/mol. The summed E-state index contributed by atoms with van der Waals surface area (Å²) in [5.74, 6) is 1.41. The largest absolute Gasteiger partial charge is 0.494 e. The minimum Gasteiger partial charge on any atom is -0.494 e. The second kappa shape index (κ2) is 9.90. The Morgan fingerprint density at radius 2 is 1.90 bits per heavy atom. The number of rotatable bonds is 7. The molecule has 3 N–H and O–H groups in total. The first-order valence-electron chi connectivity index (χ1n) is 9.84. The van der Waals surface area contributed by atoms with Crippen molar-refractivity contribution in [3.8, 4) is 11.8 Å². The van der Waals surface area contributed by atoms with Crippen molar-refractivity contribution in [1.82, 2.24) is 10.3 Å². The van der Waals surface area contributed by atoms with Crippen LogP contribution in [0.1, 0.15) is 23.6 Å². The first kappa shape index (κ1) is 21.3. The van der Waals surface area contributed by atoms with Gasteiger partial charge in [-0.15, -0.1) is 0 Å². The smallest absolute Gasteiger partial charge is 0.170 e. The number of benzene rings is 2. The highest BCUT2D eigenvalue weighted by Gasteiger charge is 2.09. The maximum Gasteiger partial charge on any atom is 0.170 e. The molecular formula is C23H25N5OS. The van der Waals surface area contributed by atoms with Crippen LogP contribution in [-0.2, 0) is 0 Å². The molecule has 0 bridgehead atoms. The Bertz CT molecular complexity index is 1090. The molecule has 30 heavy (non-hydrogen) atoms. The summed E-state index contributed by atoms with van der Waals surface area (Å²) in [6.07, 6.45) is 0. The SMILES string of the molecule is CCOc1ccc(NC(=S)NCCNc2nc3cc(C)cc(C)c3cc2C#N)cc1. The highest BCUT2D eigenvalue weighted by atomic mass is 32.1. The topological polar surface area (TPSA) is 82.0 Å². The van der Waals surface area contributed by atoms with Gasteiger partial charge in [0, 0.05) is 24.2 Å². The summed E-state index contributed by atoms with van der Waals surface area (Å²) in [6, 6.07) is 15.9. The summed E-state index contributed by atoms with van der Waals surface area (Å²) in [7, 11) is 0. The van der Waals surface area contributed by atoms with Gasteiger partial charge >= 0.3 is 0 Å². The third-order valence-corrected chi connectivity index (χ3v) is 4.78. The van der Waals surface area contributed by atoms with E-state index >= 15 is 0 Å². The fourth-order valence-corrected chi connectivity index (χ4v) is 3.40. The first-order chi connectivity index (χ1) is 14.5. The molecular weight excluding hydrogens is 394 g/mol. The van der Waals surface area contributed by atoms with Crippen molar-refractivity contribution >= 4 is 39.7 Å². The lowest BCUT2D eigenvalue weighted by Crippen LogP contribution is -2.32. The molecule has 0 saturated heterocycles. The molecule has 0 fully saturated rings. The maximum absolute atomic E-state index is 9.50. The number of hydrogen-bond acceptors (Lipinski definition) is 5. The lowest BCUT2D eigenvalue weighted by Gasteiger charge is -2.13. The van der Waals surface area contributed by atoms with Gasteiger partial charge in [0.1, 0.15) is 17.6 Å². The Kier molecular flexibility index (Phi) is 7.04. The van der Waals surface area contributed by atoms with Crippen LogP contribution in [-0.4, -0.2) is 29.8 Å². The average molecular weight is 420 g/mol. The molecule has 0 aliphatic heterocycles. The van der Waals surface area contributed by atoms with E-state index < -0.39 is 0 Å². The number of aryl methyl sites for hydroxylation is 2. The molecule has 0 aliphatic carbocycles. The van der Waals surface area contributed by atoms with Gasteiger partial charge in [-0.3, -0.25) is 0 Å². The van der Waals surface area contributed by atoms with Gasteiger partial charge < -0.3 is 20.7 Å². The summed E-state index contributed by atoms with van der Waals surface area (Å²) >= 11 is 5.34. The molecule has 1 aromatic heterocycles. The zero-order chi connectivity index (χ0) is 21.5. The number of nitrogens with zero attached hydrogens (tertiary/aromatic N) is 2. The van der Waals surface area contributed by atoms with Gasteiger partial charge in [0.15, 0.2) is 5.11 Å². The number of aromatic nitrogens is 1. The van der Waals surface area contributed by atoms with Gasteiger partial charge in [-0.2, -0.15) is 5.26 Å². The van der Waals surface area contributed by atoms with E-state index in [-0.39, 0.29) is 0 Å². The second-order valence-electron chi connectivity index (χ2n) is 6.91. The Labute approximate surface area is 182 Å². The van der Waals surface area contributed by atoms with Crippen LogP contribution in [0, 0.1) is 25.2 Å². The molecule has 0 saturated carbocycles. The molecule has 0 aliphatic rings. The predicted octanol–water partition coefficient (Wildman–Crippen LogP) is 4.52. The number of thiocarbonyl (C=S) groups is 1. The minimum atomic E-state index is 0.527. The second-order valence-corrected chi connectivity index (χ2v) is 7.32. The van der Waals surface area contributed by atoms with Gasteiger partial charge in [0.05, 0.1) is 17.7 Å². The molecule has 3 rings (SSSR count). The maximum atomic E-state index is 9.50. The van der Waals surface area contributed by atoms with E-state index in [1.165, 1.54) is 0 Å². The molecule has 7 heteroatoms. The molecule has 0 atom stereocenters. The lowest BCUT2D eigenvalue weighted by molar-refractivity contribution is 0.340. The van der Waals surface area contributed by atoms with E-state index in [9.17, 15) is 5.26 Å². The van der Waals surface area contributed by atoms with Crippen LogP contribution in [0.5, 0.6) is 5.75 Å². The first-order valence-corrected chi connectivity index (χ1v) is 10.2. The Balaban J connectivity index is 1.55. The fourth-order valence-electron chi connectivity index (χ4n) is 3.18. The normalized spacial score (nSPS) is 10.3. The van der Waals surface area contributed by atoms with E-state index in [2.05, 4.69) is 33.1 Å². The predicted molar refractivity (Wildman–Crippen MR) is 126 cm³/mol. The number of hydrogen-bond donors (Lipinski definition) is 3. The zero-order valence-electron chi connectivity index (χ0n) is 17.4. The molecule has 0 unspecified atom stereocenters. The summed E-state index contributed by atoms with van der Waals surface area (Å²) in [5, 5.41) is 20.6.